The van der Waals surface area contributed by atoms with Crippen molar-refractivity contribution in [2.24, 2.45) is 0 Å². The summed E-state index contributed by atoms with van der Waals surface area (Å²) in [4.78, 5) is 19.5. The highest BCUT2D eigenvalue weighted by molar-refractivity contribution is 5.94. The van der Waals surface area contributed by atoms with E-state index in [0.717, 1.165) is 12.8 Å². The van der Waals surface area contributed by atoms with Crippen LogP contribution in [0, 0.1) is 0 Å². The number of piperazine rings is 1. The van der Waals surface area contributed by atoms with Crippen LogP contribution in [0.1, 0.15) is 23.2 Å². The van der Waals surface area contributed by atoms with E-state index in [-0.39, 0.29) is 5.91 Å². The van der Waals surface area contributed by atoms with Crippen LogP contribution in [0.2, 0.25) is 0 Å². The smallest absolute Gasteiger partial charge is 0.354 e. The number of carbonyl (C=O) groups excluding carboxylic acids is 1. The molecule has 8 heteroatoms. The number of pyridine rings is 1. The minimum Gasteiger partial charge on any atom is -0.354 e. The Morgan fingerprint density at radius 2 is 1.91 bits per heavy atom. The second-order valence-electron chi connectivity index (χ2n) is 6.03. The number of carbonyl (C=O) groups is 1. The number of nitrogens with zero attached hydrogens (tertiary/aromatic N) is 3. The molecule has 1 aliphatic carbocycles. The van der Waals surface area contributed by atoms with Gasteiger partial charge in [-0.3, -0.25) is 9.69 Å². The van der Waals surface area contributed by atoms with Crippen molar-refractivity contribution < 1.29 is 18.0 Å². The standard InChI is InChI=1S/C15H19F3N4O/c16-15(17,18)10-21-5-7-22(8-6-21)13-4-1-11(9-19-13)14(23)20-12-2-3-12/h1,4,9,12H,2-3,5-8,10H2,(H,20,23). The van der Waals surface area contributed by atoms with Crippen LogP contribution in [0.25, 0.3) is 0 Å². The zero-order valence-electron chi connectivity index (χ0n) is 12.6. The van der Waals surface area contributed by atoms with Crippen molar-refractivity contribution in [3.05, 3.63) is 23.9 Å². The van der Waals surface area contributed by atoms with E-state index < -0.39 is 12.7 Å². The van der Waals surface area contributed by atoms with Crippen molar-refractivity contribution in [2.75, 3.05) is 37.6 Å². The van der Waals surface area contributed by atoms with Crippen molar-refractivity contribution in [3.63, 3.8) is 0 Å². The summed E-state index contributed by atoms with van der Waals surface area (Å²) in [6.07, 6.45) is -0.578. The lowest BCUT2D eigenvalue weighted by Gasteiger charge is -2.35. The first-order valence-electron chi connectivity index (χ1n) is 7.72. The number of hydrogen-bond donors (Lipinski definition) is 1. The van der Waals surface area contributed by atoms with Crippen LogP contribution in [-0.2, 0) is 0 Å². The number of anilines is 1. The second kappa shape index (κ2) is 6.35. The van der Waals surface area contributed by atoms with Gasteiger partial charge in [0.25, 0.3) is 5.91 Å². The van der Waals surface area contributed by atoms with E-state index in [2.05, 4.69) is 10.3 Å². The molecular weight excluding hydrogens is 309 g/mol. The number of nitrogens with one attached hydrogen (secondary N) is 1. The summed E-state index contributed by atoms with van der Waals surface area (Å²) < 4.78 is 37.1. The molecule has 0 atom stereocenters. The lowest BCUT2D eigenvalue weighted by Crippen LogP contribution is -2.49. The average molecular weight is 328 g/mol. The Morgan fingerprint density at radius 3 is 2.43 bits per heavy atom. The van der Waals surface area contributed by atoms with Crippen molar-refractivity contribution >= 4 is 11.7 Å². The Bertz CT molecular complexity index is 549. The quantitative estimate of drug-likeness (QED) is 0.913. The zero-order valence-corrected chi connectivity index (χ0v) is 12.6. The highest BCUT2D eigenvalue weighted by Gasteiger charge is 2.32. The van der Waals surface area contributed by atoms with Gasteiger partial charge in [0.15, 0.2) is 0 Å². The molecule has 1 aromatic heterocycles. The third kappa shape index (κ3) is 4.57. The number of aromatic nitrogens is 1. The van der Waals surface area contributed by atoms with E-state index >= 15 is 0 Å². The first-order valence-corrected chi connectivity index (χ1v) is 7.72. The number of alkyl halides is 3. The van der Waals surface area contributed by atoms with Gasteiger partial charge in [0.2, 0.25) is 0 Å². The largest absolute Gasteiger partial charge is 0.401 e. The number of amides is 1. The second-order valence-corrected chi connectivity index (χ2v) is 6.03. The summed E-state index contributed by atoms with van der Waals surface area (Å²) in [7, 11) is 0. The molecule has 1 saturated carbocycles. The predicted molar refractivity (Wildman–Crippen MR) is 79.4 cm³/mol. The Hall–Kier alpha value is -1.83. The molecule has 1 aromatic rings. The van der Waals surface area contributed by atoms with E-state index in [1.54, 1.807) is 12.1 Å². The Balaban J connectivity index is 1.53. The maximum Gasteiger partial charge on any atom is 0.401 e. The summed E-state index contributed by atoms with van der Waals surface area (Å²) in [5, 5.41) is 2.89. The van der Waals surface area contributed by atoms with Gasteiger partial charge in [-0.15, -0.1) is 0 Å². The number of halogens is 3. The maximum atomic E-state index is 12.4. The molecule has 2 fully saturated rings. The van der Waals surface area contributed by atoms with Gasteiger partial charge in [-0.25, -0.2) is 4.98 Å². The van der Waals surface area contributed by atoms with Gasteiger partial charge in [-0.1, -0.05) is 0 Å². The molecule has 0 unspecified atom stereocenters. The van der Waals surface area contributed by atoms with Gasteiger partial charge in [-0.05, 0) is 25.0 Å². The molecule has 0 bridgehead atoms. The van der Waals surface area contributed by atoms with Crippen LogP contribution in [-0.4, -0.2) is 60.7 Å². The first-order chi connectivity index (χ1) is 10.9. The van der Waals surface area contributed by atoms with E-state index in [0.29, 0.717) is 43.6 Å². The molecule has 3 rings (SSSR count). The summed E-state index contributed by atoms with van der Waals surface area (Å²) in [5.41, 5.74) is 0.511. The van der Waals surface area contributed by atoms with Gasteiger partial charge < -0.3 is 10.2 Å². The van der Waals surface area contributed by atoms with Crippen molar-refractivity contribution in [3.8, 4) is 0 Å². The fourth-order valence-electron chi connectivity index (χ4n) is 2.59. The molecule has 5 nitrogen and oxygen atoms in total. The third-order valence-corrected chi connectivity index (χ3v) is 4.02. The number of rotatable bonds is 4. The van der Waals surface area contributed by atoms with Crippen LogP contribution in [0.15, 0.2) is 18.3 Å². The van der Waals surface area contributed by atoms with Crippen LogP contribution in [0.4, 0.5) is 19.0 Å². The highest BCUT2D eigenvalue weighted by atomic mass is 19.4. The normalized spacial score (nSPS) is 19.7. The van der Waals surface area contributed by atoms with Gasteiger partial charge in [-0.2, -0.15) is 13.2 Å². The Kier molecular flexibility index (Phi) is 4.43. The minimum atomic E-state index is -4.16. The number of hydrogen-bond acceptors (Lipinski definition) is 4. The van der Waals surface area contributed by atoms with Crippen LogP contribution in [0.3, 0.4) is 0 Å². The van der Waals surface area contributed by atoms with Crippen LogP contribution >= 0.6 is 0 Å². The SMILES string of the molecule is O=C(NC1CC1)c1ccc(N2CCN(CC(F)(F)F)CC2)nc1. The molecule has 0 spiro atoms. The van der Waals surface area contributed by atoms with Crippen molar-refractivity contribution in [1.29, 1.82) is 0 Å². The maximum absolute atomic E-state index is 12.4. The van der Waals surface area contributed by atoms with Crippen LogP contribution < -0.4 is 10.2 Å². The first kappa shape index (κ1) is 16.0. The highest BCUT2D eigenvalue weighted by Crippen LogP contribution is 2.21. The summed E-state index contributed by atoms with van der Waals surface area (Å²) in [6, 6.07) is 3.76. The van der Waals surface area contributed by atoms with Crippen molar-refractivity contribution in [2.45, 2.75) is 25.1 Å². The van der Waals surface area contributed by atoms with Gasteiger partial charge in [0, 0.05) is 38.4 Å². The molecule has 1 N–H and O–H groups in total. The van der Waals surface area contributed by atoms with E-state index in [9.17, 15) is 18.0 Å². The fraction of sp³-hybridized carbons (Fsp3) is 0.600. The summed E-state index contributed by atoms with van der Waals surface area (Å²) in [5.74, 6) is 0.571. The van der Waals surface area contributed by atoms with E-state index in [1.165, 1.54) is 11.1 Å². The minimum absolute atomic E-state index is 0.124. The predicted octanol–water partition coefficient (Wildman–Crippen LogP) is 1.66. The molecule has 126 valence electrons. The monoisotopic (exact) mass is 328 g/mol. The summed E-state index contributed by atoms with van der Waals surface area (Å²) in [6.45, 7) is 0.832. The molecule has 2 aliphatic rings. The molecule has 0 aromatic carbocycles. The van der Waals surface area contributed by atoms with Gasteiger partial charge in [0.1, 0.15) is 5.82 Å². The fourth-order valence-corrected chi connectivity index (χ4v) is 2.59. The van der Waals surface area contributed by atoms with Crippen LogP contribution in [0.5, 0.6) is 0 Å². The molecule has 1 amide bonds. The molecule has 1 saturated heterocycles. The van der Waals surface area contributed by atoms with Crippen molar-refractivity contribution in [1.82, 2.24) is 15.2 Å². The topological polar surface area (TPSA) is 48.5 Å². The average Bonchev–Trinajstić information content (AvgIpc) is 3.30. The molecular formula is C15H19F3N4O. The molecule has 0 radical (unpaired) electrons. The van der Waals surface area contributed by atoms with E-state index in [4.69, 9.17) is 0 Å². The van der Waals surface area contributed by atoms with E-state index in [1.807, 2.05) is 4.90 Å². The zero-order chi connectivity index (χ0) is 16.4. The summed E-state index contributed by atoms with van der Waals surface area (Å²) >= 11 is 0. The van der Waals surface area contributed by atoms with Gasteiger partial charge >= 0.3 is 6.18 Å². The van der Waals surface area contributed by atoms with Gasteiger partial charge in [0.05, 0.1) is 12.1 Å². The lowest BCUT2D eigenvalue weighted by molar-refractivity contribution is -0.146. The molecule has 23 heavy (non-hydrogen) atoms. The molecule has 2 heterocycles. The molecule has 1 aliphatic heterocycles. The Labute approximate surface area is 132 Å². The third-order valence-electron chi connectivity index (χ3n) is 4.02. The Morgan fingerprint density at radius 1 is 1.22 bits per heavy atom. The lowest BCUT2D eigenvalue weighted by atomic mass is 10.2.